The molecule has 0 unspecified atom stereocenters. The molecule has 1 aromatic heterocycles. The molecule has 2 nitrogen and oxygen atoms in total. The van der Waals surface area contributed by atoms with E-state index < -0.39 is 11.9 Å². The van der Waals surface area contributed by atoms with Gasteiger partial charge < -0.3 is 4.74 Å². The van der Waals surface area contributed by atoms with Crippen molar-refractivity contribution >= 4 is 0 Å². The van der Waals surface area contributed by atoms with Crippen LogP contribution in [0.2, 0.25) is 0 Å². The lowest BCUT2D eigenvalue weighted by Gasteiger charge is -2.09. The summed E-state index contributed by atoms with van der Waals surface area (Å²) < 4.78 is 41.4. The highest BCUT2D eigenvalue weighted by Crippen LogP contribution is 2.28. The number of ether oxygens (including phenoxy) is 1. The molecule has 0 aliphatic rings. The first-order valence-corrected chi connectivity index (χ1v) is 3.98. The van der Waals surface area contributed by atoms with Gasteiger partial charge in [-0.15, -0.1) is 0 Å². The van der Waals surface area contributed by atoms with E-state index in [1.807, 2.05) is 0 Å². The topological polar surface area (TPSA) is 22.1 Å². The quantitative estimate of drug-likeness (QED) is 0.740. The fraction of sp³-hybridized carbons (Fsp3) is 0.444. The fourth-order valence-electron chi connectivity index (χ4n) is 1.06. The Hall–Kier alpha value is -1.10. The van der Waals surface area contributed by atoms with E-state index in [2.05, 4.69) is 4.98 Å². The van der Waals surface area contributed by atoms with Crippen molar-refractivity contribution in [2.75, 3.05) is 7.11 Å². The minimum atomic E-state index is -4.38. The van der Waals surface area contributed by atoms with E-state index in [1.165, 1.54) is 20.1 Å². The molecule has 0 saturated heterocycles. The Labute approximate surface area is 79.7 Å². The van der Waals surface area contributed by atoms with Crippen molar-refractivity contribution in [3.8, 4) is 0 Å². The molecule has 1 aromatic rings. The minimum absolute atomic E-state index is 0.275. The van der Waals surface area contributed by atoms with E-state index in [1.54, 1.807) is 0 Å². The predicted octanol–water partition coefficient (Wildman–Crippen LogP) is 2.56. The van der Waals surface area contributed by atoms with Crippen LogP contribution in [0.3, 0.4) is 0 Å². The molecule has 0 radical (unpaired) electrons. The van der Waals surface area contributed by atoms with Gasteiger partial charge >= 0.3 is 6.18 Å². The number of hydrogen-bond acceptors (Lipinski definition) is 2. The summed E-state index contributed by atoms with van der Waals surface area (Å²) >= 11 is 0. The molecule has 1 heterocycles. The Morgan fingerprint density at radius 1 is 1.36 bits per heavy atom. The molecule has 0 spiro atoms. The monoisotopic (exact) mass is 205 g/mol. The summed E-state index contributed by atoms with van der Waals surface area (Å²) in [7, 11) is 1.48. The molecule has 0 amide bonds. The molecule has 1 rings (SSSR count). The van der Waals surface area contributed by atoms with E-state index in [-0.39, 0.29) is 6.61 Å². The highest BCUT2D eigenvalue weighted by molar-refractivity contribution is 5.22. The first-order chi connectivity index (χ1) is 6.45. The first kappa shape index (κ1) is 11.0. The van der Waals surface area contributed by atoms with Gasteiger partial charge in [0, 0.05) is 12.8 Å². The third kappa shape index (κ3) is 2.45. The van der Waals surface area contributed by atoms with Crippen LogP contribution in [0.15, 0.2) is 12.1 Å². The summed E-state index contributed by atoms with van der Waals surface area (Å²) in [4.78, 5) is 3.46. The van der Waals surface area contributed by atoms with E-state index >= 15 is 0 Å². The van der Waals surface area contributed by atoms with Crippen molar-refractivity contribution in [2.45, 2.75) is 19.7 Å². The fourth-order valence-corrected chi connectivity index (χ4v) is 1.06. The normalized spacial score (nSPS) is 11.8. The molecule has 0 fully saturated rings. The number of methoxy groups -OCH3 is 1. The molecule has 5 heteroatoms. The lowest BCUT2D eigenvalue weighted by Crippen LogP contribution is -2.09. The third-order valence-corrected chi connectivity index (χ3v) is 1.79. The Bertz CT molecular complexity index is 322. The molecule has 0 aromatic carbocycles. The summed E-state index contributed by atoms with van der Waals surface area (Å²) in [6, 6.07) is 2.34. The number of nitrogens with zero attached hydrogens (tertiary/aromatic N) is 1. The van der Waals surface area contributed by atoms with Crippen molar-refractivity contribution in [1.82, 2.24) is 4.98 Å². The van der Waals surface area contributed by atoms with Crippen LogP contribution in [0, 0.1) is 6.92 Å². The maximum absolute atomic E-state index is 12.2. The number of pyridine rings is 1. The molecular formula is C9H10F3NO. The molecule has 0 aliphatic heterocycles. The Kier molecular flexibility index (Phi) is 3.10. The predicted molar refractivity (Wildman–Crippen MR) is 44.7 cm³/mol. The molecule has 78 valence electrons. The van der Waals surface area contributed by atoms with Gasteiger partial charge in [0.05, 0.1) is 6.61 Å². The van der Waals surface area contributed by atoms with Crippen LogP contribution in [-0.4, -0.2) is 12.1 Å². The molecule has 0 N–H and O–H groups in total. The van der Waals surface area contributed by atoms with Gasteiger partial charge in [0.25, 0.3) is 0 Å². The Morgan fingerprint density at radius 2 is 2.00 bits per heavy atom. The van der Waals surface area contributed by atoms with Crippen LogP contribution in [0.1, 0.15) is 17.0 Å². The number of aromatic nitrogens is 1. The van der Waals surface area contributed by atoms with E-state index in [0.717, 1.165) is 6.07 Å². The molecule has 0 aliphatic carbocycles. The lowest BCUT2D eigenvalue weighted by atomic mass is 10.2. The lowest BCUT2D eigenvalue weighted by molar-refractivity contribution is -0.141. The van der Waals surface area contributed by atoms with Crippen molar-refractivity contribution < 1.29 is 17.9 Å². The van der Waals surface area contributed by atoms with Gasteiger partial charge in [-0.25, -0.2) is 4.98 Å². The largest absolute Gasteiger partial charge is 0.433 e. The second-order valence-electron chi connectivity index (χ2n) is 2.87. The van der Waals surface area contributed by atoms with Crippen LogP contribution in [0.25, 0.3) is 0 Å². The summed E-state index contributed by atoms with van der Waals surface area (Å²) in [5.74, 6) is 0. The van der Waals surface area contributed by atoms with Crippen LogP contribution in [-0.2, 0) is 17.5 Å². The molecule has 0 bridgehead atoms. The molecular weight excluding hydrogens is 195 g/mol. The van der Waals surface area contributed by atoms with Gasteiger partial charge in [-0.3, -0.25) is 0 Å². The maximum Gasteiger partial charge on any atom is 0.433 e. The highest BCUT2D eigenvalue weighted by atomic mass is 19.4. The standard InChI is InChI=1S/C9H10F3NO/c1-6-7(5-14-2)3-4-8(13-6)9(10,11)12/h3-4H,5H2,1-2H3. The van der Waals surface area contributed by atoms with Crippen molar-refractivity contribution in [1.29, 1.82) is 0 Å². The summed E-state index contributed by atoms with van der Waals surface area (Å²) in [5, 5.41) is 0. The van der Waals surface area contributed by atoms with E-state index in [9.17, 15) is 13.2 Å². The third-order valence-electron chi connectivity index (χ3n) is 1.79. The summed E-state index contributed by atoms with van der Waals surface area (Å²) in [5.41, 5.74) is 0.150. The van der Waals surface area contributed by atoms with Crippen LogP contribution in [0.4, 0.5) is 13.2 Å². The number of hydrogen-bond donors (Lipinski definition) is 0. The van der Waals surface area contributed by atoms with E-state index in [0.29, 0.717) is 11.3 Å². The molecule has 0 saturated carbocycles. The SMILES string of the molecule is COCc1ccc(C(F)(F)F)nc1C. The number of rotatable bonds is 2. The zero-order valence-electron chi connectivity index (χ0n) is 7.85. The van der Waals surface area contributed by atoms with Crippen LogP contribution < -0.4 is 0 Å². The second-order valence-corrected chi connectivity index (χ2v) is 2.87. The molecule has 0 atom stereocenters. The average molecular weight is 205 g/mol. The smallest absolute Gasteiger partial charge is 0.380 e. The maximum atomic E-state index is 12.2. The summed E-state index contributed by atoms with van der Waals surface area (Å²) in [6.45, 7) is 1.81. The van der Waals surface area contributed by atoms with Gasteiger partial charge in [0.1, 0.15) is 5.69 Å². The van der Waals surface area contributed by atoms with Gasteiger partial charge in [-0.05, 0) is 18.6 Å². The zero-order valence-corrected chi connectivity index (χ0v) is 7.85. The number of alkyl halides is 3. The zero-order chi connectivity index (χ0) is 10.8. The van der Waals surface area contributed by atoms with Gasteiger partial charge in [0.15, 0.2) is 0 Å². The van der Waals surface area contributed by atoms with Gasteiger partial charge in [0.2, 0.25) is 0 Å². The average Bonchev–Trinajstić information content (AvgIpc) is 2.07. The summed E-state index contributed by atoms with van der Waals surface area (Å²) in [6.07, 6.45) is -4.38. The minimum Gasteiger partial charge on any atom is -0.380 e. The van der Waals surface area contributed by atoms with Crippen molar-refractivity contribution in [3.63, 3.8) is 0 Å². The Morgan fingerprint density at radius 3 is 2.43 bits per heavy atom. The van der Waals surface area contributed by atoms with Crippen LogP contribution in [0.5, 0.6) is 0 Å². The van der Waals surface area contributed by atoms with Gasteiger partial charge in [-0.2, -0.15) is 13.2 Å². The first-order valence-electron chi connectivity index (χ1n) is 3.98. The Balaban J connectivity index is 3.01. The number of halogens is 3. The van der Waals surface area contributed by atoms with E-state index in [4.69, 9.17) is 4.74 Å². The van der Waals surface area contributed by atoms with Crippen molar-refractivity contribution in [2.24, 2.45) is 0 Å². The van der Waals surface area contributed by atoms with Crippen molar-refractivity contribution in [3.05, 3.63) is 29.1 Å². The number of aryl methyl sites for hydroxylation is 1. The van der Waals surface area contributed by atoms with Gasteiger partial charge in [-0.1, -0.05) is 6.07 Å². The van der Waals surface area contributed by atoms with Crippen LogP contribution >= 0.6 is 0 Å². The second kappa shape index (κ2) is 3.96. The molecule has 14 heavy (non-hydrogen) atoms. The highest BCUT2D eigenvalue weighted by Gasteiger charge is 2.32.